The minimum Gasteiger partial charge on any atom is -0.366 e. The minimum absolute atomic E-state index is 0.0741. The van der Waals surface area contributed by atoms with Crippen molar-refractivity contribution in [1.82, 2.24) is 4.90 Å². The molecule has 1 saturated heterocycles. The highest BCUT2D eigenvalue weighted by molar-refractivity contribution is 7.90. The lowest BCUT2D eigenvalue weighted by Gasteiger charge is -2.36. The maximum Gasteiger partial charge on any atom is 0.416 e. The van der Waals surface area contributed by atoms with Crippen LogP contribution in [0.2, 0.25) is 0 Å². The van der Waals surface area contributed by atoms with Crippen molar-refractivity contribution in [3.8, 4) is 0 Å². The predicted octanol–water partition coefficient (Wildman–Crippen LogP) is 3.49. The fourth-order valence-corrected chi connectivity index (χ4v) is 4.95. The summed E-state index contributed by atoms with van der Waals surface area (Å²) < 4.78 is 81.2. The van der Waals surface area contributed by atoms with Gasteiger partial charge in [-0.2, -0.15) is 21.6 Å². The van der Waals surface area contributed by atoms with Gasteiger partial charge in [-0.05, 0) is 30.3 Å². The number of para-hydroxylation sites is 1. The molecular formula is C21H20F4N4O3S. The summed E-state index contributed by atoms with van der Waals surface area (Å²) in [7, 11) is -4.18. The number of carbonyl (C=O) groups excluding carboxylic acids is 1. The Kier molecular flexibility index (Phi) is 6.04. The number of hydrogen-bond donors (Lipinski definition) is 1. The zero-order valence-electron chi connectivity index (χ0n) is 17.3. The lowest BCUT2D eigenvalue weighted by atomic mass is 10.1. The highest BCUT2D eigenvalue weighted by Gasteiger charge is 2.34. The van der Waals surface area contributed by atoms with Crippen LogP contribution >= 0.6 is 0 Å². The quantitative estimate of drug-likeness (QED) is 0.672. The molecule has 4 rings (SSSR count). The number of anilines is 2. The number of sulfonamides is 1. The first-order valence-electron chi connectivity index (χ1n) is 10.1. The summed E-state index contributed by atoms with van der Waals surface area (Å²) in [6.45, 7) is 1.61. The average molecular weight is 484 g/mol. The number of carbonyl (C=O) groups is 1. The van der Waals surface area contributed by atoms with Gasteiger partial charge in [0.2, 0.25) is 5.91 Å². The molecule has 2 aromatic rings. The van der Waals surface area contributed by atoms with Crippen LogP contribution in [-0.2, 0) is 21.0 Å². The summed E-state index contributed by atoms with van der Waals surface area (Å²) in [5, 5.41) is 2.61. The summed E-state index contributed by atoms with van der Waals surface area (Å²) >= 11 is 0. The number of hydrogen-bond acceptors (Lipinski definition) is 5. The molecule has 1 amide bonds. The molecule has 2 heterocycles. The van der Waals surface area contributed by atoms with Crippen molar-refractivity contribution in [3.63, 3.8) is 0 Å². The minimum atomic E-state index is -4.63. The second-order valence-electron chi connectivity index (χ2n) is 7.67. The van der Waals surface area contributed by atoms with E-state index in [-0.39, 0.29) is 41.0 Å². The fourth-order valence-electron chi connectivity index (χ4n) is 3.80. The lowest BCUT2D eigenvalue weighted by Crippen LogP contribution is -2.49. The van der Waals surface area contributed by atoms with Crippen LogP contribution in [0.5, 0.6) is 0 Å². The van der Waals surface area contributed by atoms with E-state index in [0.717, 1.165) is 6.07 Å². The number of rotatable bonds is 4. The van der Waals surface area contributed by atoms with Gasteiger partial charge in [-0.3, -0.25) is 4.79 Å². The molecule has 2 aromatic carbocycles. The smallest absolute Gasteiger partial charge is 0.366 e. The number of amides is 1. The number of alkyl halides is 3. The molecule has 12 heteroatoms. The van der Waals surface area contributed by atoms with Gasteiger partial charge in [0.25, 0.3) is 10.0 Å². The first-order chi connectivity index (χ1) is 15.5. The van der Waals surface area contributed by atoms with Crippen molar-refractivity contribution in [2.75, 3.05) is 36.4 Å². The summed E-state index contributed by atoms with van der Waals surface area (Å²) in [4.78, 5) is 15.7. The second kappa shape index (κ2) is 8.65. The van der Waals surface area contributed by atoms with Crippen LogP contribution in [0.4, 0.5) is 28.9 Å². The van der Waals surface area contributed by atoms with Gasteiger partial charge >= 0.3 is 6.18 Å². The largest absolute Gasteiger partial charge is 0.416 e. The number of piperazine rings is 1. The van der Waals surface area contributed by atoms with Gasteiger partial charge in [-0.1, -0.05) is 12.1 Å². The molecule has 1 fully saturated rings. The van der Waals surface area contributed by atoms with E-state index in [1.807, 2.05) is 4.90 Å². The molecule has 0 saturated carbocycles. The van der Waals surface area contributed by atoms with Gasteiger partial charge in [-0.25, -0.2) is 4.39 Å². The molecule has 7 nitrogen and oxygen atoms in total. The van der Waals surface area contributed by atoms with Gasteiger partial charge in [-0.15, -0.1) is 4.40 Å². The summed E-state index contributed by atoms with van der Waals surface area (Å²) in [5.74, 6) is -0.686. The third-order valence-electron chi connectivity index (χ3n) is 5.50. The number of nitrogens with one attached hydrogen (secondary N) is 1. The maximum atomic E-state index is 14.0. The number of benzene rings is 2. The average Bonchev–Trinajstić information content (AvgIpc) is 2.76. The van der Waals surface area contributed by atoms with E-state index in [4.69, 9.17) is 0 Å². The third kappa shape index (κ3) is 4.95. The fraction of sp³-hybridized carbons (Fsp3) is 0.333. The maximum absolute atomic E-state index is 14.0. The van der Waals surface area contributed by atoms with Gasteiger partial charge in [0.05, 0.1) is 16.9 Å². The Hall–Kier alpha value is -3.15. The Labute approximate surface area is 187 Å². The van der Waals surface area contributed by atoms with Crippen LogP contribution in [0.1, 0.15) is 18.4 Å². The zero-order chi connectivity index (χ0) is 23.8. The highest BCUT2D eigenvalue weighted by atomic mass is 32.2. The Morgan fingerprint density at radius 2 is 1.76 bits per heavy atom. The number of fused-ring (bicyclic) bond motifs is 1. The molecule has 1 N–H and O–H groups in total. The lowest BCUT2D eigenvalue weighted by molar-refractivity contribution is -0.137. The van der Waals surface area contributed by atoms with Crippen molar-refractivity contribution in [1.29, 1.82) is 0 Å². The molecule has 0 unspecified atom stereocenters. The predicted molar refractivity (Wildman–Crippen MR) is 114 cm³/mol. The van der Waals surface area contributed by atoms with E-state index in [1.54, 1.807) is 23.1 Å². The molecule has 0 bridgehead atoms. The van der Waals surface area contributed by atoms with Crippen molar-refractivity contribution >= 4 is 33.1 Å². The number of amidine groups is 1. The third-order valence-corrected chi connectivity index (χ3v) is 6.87. The van der Waals surface area contributed by atoms with Crippen LogP contribution < -0.4 is 10.2 Å². The van der Waals surface area contributed by atoms with E-state index in [2.05, 4.69) is 9.71 Å². The highest BCUT2D eigenvalue weighted by Crippen LogP contribution is 2.35. The molecule has 2 aliphatic rings. The van der Waals surface area contributed by atoms with Crippen LogP contribution in [0, 0.1) is 5.82 Å². The van der Waals surface area contributed by atoms with Gasteiger partial charge < -0.3 is 15.1 Å². The van der Waals surface area contributed by atoms with Crippen LogP contribution in [-0.4, -0.2) is 51.2 Å². The van der Waals surface area contributed by atoms with E-state index in [9.17, 15) is 30.8 Å². The SMILES string of the molecule is O=C(CCC1=NS(=O)(=O)c2ccc(C(F)(F)F)cc2N1)N1CCN(c2ccccc2F)CC1. The zero-order valence-corrected chi connectivity index (χ0v) is 18.1. The van der Waals surface area contributed by atoms with E-state index in [0.29, 0.717) is 44.0 Å². The van der Waals surface area contributed by atoms with Gasteiger partial charge in [0.1, 0.15) is 16.5 Å². The molecule has 0 radical (unpaired) electrons. The summed E-state index contributed by atoms with van der Waals surface area (Å²) in [6.07, 6.45) is -4.79. The monoisotopic (exact) mass is 484 g/mol. The molecule has 0 atom stereocenters. The van der Waals surface area contributed by atoms with Crippen molar-refractivity contribution in [2.45, 2.75) is 23.9 Å². The van der Waals surface area contributed by atoms with Crippen LogP contribution in [0.15, 0.2) is 51.8 Å². The van der Waals surface area contributed by atoms with E-state index >= 15 is 0 Å². The van der Waals surface area contributed by atoms with Crippen LogP contribution in [0.25, 0.3) is 0 Å². The van der Waals surface area contributed by atoms with E-state index in [1.165, 1.54) is 6.07 Å². The molecule has 0 aromatic heterocycles. The molecule has 33 heavy (non-hydrogen) atoms. The standard InChI is InChI=1S/C21H20F4N4O3S/c22-15-3-1-2-4-17(15)28-9-11-29(12-10-28)20(30)8-7-19-26-16-13-14(21(23,24)25)5-6-18(16)33(31,32)27-19/h1-6,13H,7-12H2,(H,26,27). The Balaban J connectivity index is 1.37. The van der Waals surface area contributed by atoms with Crippen molar-refractivity contribution < 1.29 is 30.8 Å². The molecule has 0 aliphatic carbocycles. The van der Waals surface area contributed by atoms with Crippen molar-refractivity contribution in [3.05, 3.63) is 53.8 Å². The molecule has 0 spiro atoms. The topological polar surface area (TPSA) is 82.1 Å². The van der Waals surface area contributed by atoms with Crippen LogP contribution in [0.3, 0.4) is 0 Å². The Bertz CT molecular complexity index is 1210. The summed E-state index contributed by atoms with van der Waals surface area (Å²) in [5.41, 5.74) is -0.748. The second-order valence-corrected chi connectivity index (χ2v) is 9.24. The Morgan fingerprint density at radius 3 is 2.42 bits per heavy atom. The van der Waals surface area contributed by atoms with Gasteiger partial charge in [0, 0.05) is 39.0 Å². The normalized spacial score (nSPS) is 17.8. The Morgan fingerprint density at radius 1 is 1.06 bits per heavy atom. The number of nitrogens with zero attached hydrogens (tertiary/aromatic N) is 3. The van der Waals surface area contributed by atoms with Gasteiger partial charge in [0.15, 0.2) is 0 Å². The molecule has 176 valence electrons. The summed E-state index contributed by atoms with van der Waals surface area (Å²) in [6, 6.07) is 8.63. The molecular weight excluding hydrogens is 464 g/mol. The van der Waals surface area contributed by atoms with Crippen molar-refractivity contribution in [2.24, 2.45) is 4.40 Å². The molecule has 2 aliphatic heterocycles. The first kappa shape index (κ1) is 23.0. The number of halogens is 4. The van der Waals surface area contributed by atoms with E-state index < -0.39 is 21.8 Å². The first-order valence-corrected chi connectivity index (χ1v) is 11.6.